The number of nitrogens with two attached hydrogens (primary N) is 1. The van der Waals surface area contributed by atoms with Gasteiger partial charge in [0.05, 0.1) is 6.61 Å². The minimum atomic E-state index is 0.00810. The zero-order valence-corrected chi connectivity index (χ0v) is 8.08. The van der Waals surface area contributed by atoms with E-state index in [1.54, 1.807) is 0 Å². The van der Waals surface area contributed by atoms with Crippen LogP contribution in [0.4, 0.5) is 0 Å². The Morgan fingerprint density at radius 3 is 2.62 bits per heavy atom. The first kappa shape index (κ1) is 10.5. The Bertz CT molecular complexity index is 165. The lowest BCUT2D eigenvalue weighted by Crippen LogP contribution is -2.36. The average Bonchev–Trinajstić information content (AvgIpc) is 2.15. The molecule has 0 aliphatic heterocycles. The van der Waals surface area contributed by atoms with Gasteiger partial charge < -0.3 is 5.73 Å². The van der Waals surface area contributed by atoms with Crippen LogP contribution in [0, 0.1) is 5.92 Å². The summed E-state index contributed by atoms with van der Waals surface area (Å²) in [6.07, 6.45) is 3.68. The van der Waals surface area contributed by atoms with E-state index in [1.807, 2.05) is 6.92 Å². The number of carbonyl (C=O) groups is 1. The molecule has 0 spiro atoms. The summed E-state index contributed by atoms with van der Waals surface area (Å²) < 4.78 is 0. The van der Waals surface area contributed by atoms with Crippen LogP contribution in [0.1, 0.15) is 32.6 Å². The van der Waals surface area contributed by atoms with Gasteiger partial charge in [0, 0.05) is 12.0 Å². The smallest absolute Gasteiger partial charge is 0.246 e. The highest BCUT2D eigenvalue weighted by atomic mass is 16.6. The van der Waals surface area contributed by atoms with Gasteiger partial charge in [-0.25, -0.2) is 5.48 Å². The van der Waals surface area contributed by atoms with E-state index in [1.165, 1.54) is 0 Å². The summed E-state index contributed by atoms with van der Waals surface area (Å²) in [5, 5.41) is 0. The lowest BCUT2D eigenvalue weighted by atomic mass is 9.86. The lowest BCUT2D eigenvalue weighted by molar-refractivity contribution is -0.138. The first-order valence-electron chi connectivity index (χ1n) is 4.91. The van der Waals surface area contributed by atoms with Crippen LogP contribution < -0.4 is 11.2 Å². The molecule has 1 saturated carbocycles. The molecule has 76 valence electrons. The largest absolute Gasteiger partial charge is 0.328 e. The second kappa shape index (κ2) is 5.19. The maximum absolute atomic E-state index is 11.4. The van der Waals surface area contributed by atoms with Gasteiger partial charge in [-0.2, -0.15) is 0 Å². The van der Waals surface area contributed by atoms with Crippen molar-refractivity contribution in [2.24, 2.45) is 11.7 Å². The number of rotatable bonds is 3. The molecule has 0 saturated heterocycles. The molecule has 13 heavy (non-hydrogen) atoms. The molecule has 0 atom stereocenters. The monoisotopic (exact) mass is 186 g/mol. The normalized spacial score (nSPS) is 28.5. The maximum Gasteiger partial charge on any atom is 0.246 e. The number of hydrogen-bond donors (Lipinski definition) is 2. The topological polar surface area (TPSA) is 64.3 Å². The van der Waals surface area contributed by atoms with Crippen LogP contribution in [0.3, 0.4) is 0 Å². The van der Waals surface area contributed by atoms with Crippen molar-refractivity contribution in [3.8, 4) is 0 Å². The quantitative estimate of drug-likeness (QED) is 0.633. The van der Waals surface area contributed by atoms with Gasteiger partial charge in [-0.15, -0.1) is 0 Å². The van der Waals surface area contributed by atoms with Crippen LogP contribution in [0.2, 0.25) is 0 Å². The zero-order chi connectivity index (χ0) is 9.68. The van der Waals surface area contributed by atoms with Gasteiger partial charge in [-0.1, -0.05) is 0 Å². The molecule has 4 heteroatoms. The van der Waals surface area contributed by atoms with E-state index in [9.17, 15) is 4.79 Å². The second-order valence-electron chi connectivity index (χ2n) is 3.51. The summed E-state index contributed by atoms with van der Waals surface area (Å²) in [6, 6.07) is 0.288. The molecule has 0 radical (unpaired) electrons. The van der Waals surface area contributed by atoms with Crippen LogP contribution in [0.25, 0.3) is 0 Å². The number of hydrogen-bond acceptors (Lipinski definition) is 3. The predicted octanol–water partition coefficient (Wildman–Crippen LogP) is 0.572. The predicted molar refractivity (Wildman–Crippen MR) is 49.7 cm³/mol. The minimum Gasteiger partial charge on any atom is -0.328 e. The van der Waals surface area contributed by atoms with Crippen molar-refractivity contribution in [1.82, 2.24) is 5.48 Å². The van der Waals surface area contributed by atoms with E-state index in [-0.39, 0.29) is 17.9 Å². The second-order valence-corrected chi connectivity index (χ2v) is 3.51. The first-order chi connectivity index (χ1) is 6.24. The molecule has 1 aliphatic carbocycles. The van der Waals surface area contributed by atoms with Crippen molar-refractivity contribution in [3.05, 3.63) is 0 Å². The zero-order valence-electron chi connectivity index (χ0n) is 8.08. The molecule has 3 N–H and O–H groups in total. The molecule has 0 unspecified atom stereocenters. The van der Waals surface area contributed by atoms with Gasteiger partial charge in [0.25, 0.3) is 0 Å². The molecule has 1 rings (SSSR count). The highest BCUT2D eigenvalue weighted by molar-refractivity contribution is 5.77. The van der Waals surface area contributed by atoms with Gasteiger partial charge in [0.1, 0.15) is 0 Å². The van der Waals surface area contributed by atoms with E-state index < -0.39 is 0 Å². The third kappa shape index (κ3) is 3.32. The molecular formula is C9H18N2O2. The van der Waals surface area contributed by atoms with Gasteiger partial charge in [0.2, 0.25) is 5.91 Å². The summed E-state index contributed by atoms with van der Waals surface area (Å²) in [5.41, 5.74) is 8.17. The summed E-state index contributed by atoms with van der Waals surface area (Å²) in [5.74, 6) is 0.111. The Hall–Kier alpha value is -0.610. The van der Waals surface area contributed by atoms with Crippen molar-refractivity contribution in [2.45, 2.75) is 38.6 Å². The van der Waals surface area contributed by atoms with E-state index in [4.69, 9.17) is 10.6 Å². The Labute approximate surface area is 78.8 Å². The van der Waals surface area contributed by atoms with Gasteiger partial charge in [-0.05, 0) is 32.6 Å². The first-order valence-corrected chi connectivity index (χ1v) is 4.91. The van der Waals surface area contributed by atoms with Gasteiger partial charge in [-0.3, -0.25) is 9.63 Å². The molecule has 0 aromatic rings. The van der Waals surface area contributed by atoms with E-state index in [0.717, 1.165) is 25.7 Å². The molecule has 1 fully saturated rings. The third-order valence-corrected chi connectivity index (χ3v) is 2.46. The highest BCUT2D eigenvalue weighted by Gasteiger charge is 2.24. The molecule has 1 amide bonds. The number of nitrogens with one attached hydrogen (secondary N) is 1. The molecule has 0 aromatic heterocycles. The van der Waals surface area contributed by atoms with Gasteiger partial charge >= 0.3 is 0 Å². The van der Waals surface area contributed by atoms with E-state index in [0.29, 0.717) is 6.61 Å². The fourth-order valence-corrected chi connectivity index (χ4v) is 1.61. The van der Waals surface area contributed by atoms with Crippen molar-refractivity contribution < 1.29 is 9.63 Å². The van der Waals surface area contributed by atoms with Crippen molar-refractivity contribution in [3.63, 3.8) is 0 Å². The maximum atomic E-state index is 11.4. The van der Waals surface area contributed by atoms with Gasteiger partial charge in [0.15, 0.2) is 0 Å². The summed E-state index contributed by atoms with van der Waals surface area (Å²) in [7, 11) is 0. The summed E-state index contributed by atoms with van der Waals surface area (Å²) in [4.78, 5) is 16.2. The third-order valence-electron chi connectivity index (χ3n) is 2.46. The Morgan fingerprint density at radius 2 is 2.08 bits per heavy atom. The minimum absolute atomic E-state index is 0.00810. The Morgan fingerprint density at radius 1 is 1.46 bits per heavy atom. The van der Waals surface area contributed by atoms with Crippen LogP contribution in [-0.4, -0.2) is 18.6 Å². The SMILES string of the molecule is CCONC(=O)C1CCC(N)CC1. The van der Waals surface area contributed by atoms with E-state index in [2.05, 4.69) is 5.48 Å². The highest BCUT2D eigenvalue weighted by Crippen LogP contribution is 2.22. The standard InChI is InChI=1S/C9H18N2O2/c1-2-13-11-9(12)7-3-5-8(10)6-4-7/h7-8H,2-6,10H2,1H3,(H,11,12). The van der Waals surface area contributed by atoms with Crippen molar-refractivity contribution in [1.29, 1.82) is 0 Å². The van der Waals surface area contributed by atoms with Crippen LogP contribution >= 0.6 is 0 Å². The molecule has 0 heterocycles. The van der Waals surface area contributed by atoms with E-state index >= 15 is 0 Å². The molecule has 1 aliphatic rings. The van der Waals surface area contributed by atoms with Crippen molar-refractivity contribution >= 4 is 5.91 Å². The number of carbonyl (C=O) groups excluding carboxylic acids is 1. The van der Waals surface area contributed by atoms with Crippen LogP contribution in [0.5, 0.6) is 0 Å². The molecular weight excluding hydrogens is 168 g/mol. The molecule has 4 nitrogen and oxygen atoms in total. The van der Waals surface area contributed by atoms with Crippen LogP contribution in [-0.2, 0) is 9.63 Å². The Kier molecular flexibility index (Phi) is 4.18. The Balaban J connectivity index is 2.23. The number of amides is 1. The summed E-state index contributed by atoms with van der Waals surface area (Å²) in [6.45, 7) is 2.36. The van der Waals surface area contributed by atoms with Crippen molar-refractivity contribution in [2.75, 3.05) is 6.61 Å². The average molecular weight is 186 g/mol. The fourth-order valence-electron chi connectivity index (χ4n) is 1.61. The molecule has 0 bridgehead atoms. The molecule has 0 aromatic carbocycles. The fraction of sp³-hybridized carbons (Fsp3) is 0.889. The van der Waals surface area contributed by atoms with Crippen LogP contribution in [0.15, 0.2) is 0 Å². The number of hydroxylamine groups is 1. The summed E-state index contributed by atoms with van der Waals surface area (Å²) >= 11 is 0. The lowest BCUT2D eigenvalue weighted by Gasteiger charge is -2.24.